The molecule has 4 heterocycles. The van der Waals surface area contributed by atoms with Crippen molar-refractivity contribution in [1.29, 1.82) is 0 Å². The van der Waals surface area contributed by atoms with Crippen molar-refractivity contribution in [2.45, 2.75) is 69.1 Å². The molecule has 14 heteroatoms. The average Bonchev–Trinajstić information content (AvgIpc) is 3.44. The van der Waals surface area contributed by atoms with Gasteiger partial charge in [0.2, 0.25) is 10.0 Å². The van der Waals surface area contributed by atoms with Gasteiger partial charge in [-0.05, 0) is 110 Å². The van der Waals surface area contributed by atoms with E-state index in [1.54, 1.807) is 42.2 Å². The summed E-state index contributed by atoms with van der Waals surface area (Å²) in [6.45, 7) is 8.36. The molecule has 2 aliphatic carbocycles. The van der Waals surface area contributed by atoms with Crippen molar-refractivity contribution < 1.29 is 32.3 Å². The molecule has 11 nitrogen and oxygen atoms in total. The monoisotopic (exact) mass is 880 g/mol. The van der Waals surface area contributed by atoms with Crippen molar-refractivity contribution in [3.05, 3.63) is 70.3 Å². The summed E-state index contributed by atoms with van der Waals surface area (Å²) >= 11 is 8.52. The van der Waals surface area contributed by atoms with Crippen LogP contribution in [-0.4, -0.2) is 93.3 Å². The molecule has 0 radical (unpaired) electrons. The number of aryl methyl sites for hydroxylation is 1. The molecule has 2 aromatic rings. The molecule has 3 fully saturated rings. The van der Waals surface area contributed by atoms with Crippen LogP contribution in [0.25, 0.3) is 0 Å². The van der Waals surface area contributed by atoms with Gasteiger partial charge in [0.1, 0.15) is 12.4 Å². The zero-order valence-corrected chi connectivity index (χ0v) is 34.3. The highest BCUT2D eigenvalue weighted by Crippen LogP contribution is 2.46. The first-order valence-corrected chi connectivity index (χ1v) is 22.6. The van der Waals surface area contributed by atoms with Gasteiger partial charge in [-0.1, -0.05) is 53.3 Å². The normalized spacial score (nSPS) is 30.9. The van der Waals surface area contributed by atoms with Gasteiger partial charge in [-0.15, -0.1) is 0 Å². The molecular formula is C39H50ClIN4O7S. The van der Waals surface area contributed by atoms with Gasteiger partial charge in [0.05, 0.1) is 23.6 Å². The summed E-state index contributed by atoms with van der Waals surface area (Å²) in [5, 5.41) is 3.12. The highest BCUT2D eigenvalue weighted by molar-refractivity contribution is 14.1. The number of cyclic esters (lactones) is 1. The standard InChI is InChI=1S/C32H37ClN2O5S.C6H10N2O2.CH3I/c1-20-5-3-7-29(36)26-11-8-24(26)17-35-18-32(14-4-6-22-15-25(33)10-12-27(22)32)19-40-30-13-9-23(16-28(30)35)31(37)34-41(38,39)21(20)2;9-6-8-2-1-7-3-5(8)4-10-6;1-2/h3,7,9-10,12-13,15-16,20-21,24,26H,4-6,8,11,14,17-19H2,1-2H3,(H,34,37);5,7H,1-4H2;1H3/b7-3+;;/t20-,21+,24-,26+,32-;5-;/m00./s1. The number of rotatable bonds is 0. The van der Waals surface area contributed by atoms with E-state index in [9.17, 15) is 22.8 Å². The first-order chi connectivity index (χ1) is 25.4. The summed E-state index contributed by atoms with van der Waals surface area (Å²) in [4.78, 5) is 43.4. The number of benzene rings is 2. The number of hydrogen-bond acceptors (Lipinski definition) is 9. The topological polar surface area (TPSA) is 134 Å². The van der Waals surface area contributed by atoms with E-state index >= 15 is 0 Å². The Bertz CT molecular complexity index is 1840. The Labute approximate surface area is 331 Å². The summed E-state index contributed by atoms with van der Waals surface area (Å²) in [6, 6.07) is 11.6. The van der Waals surface area contributed by atoms with E-state index in [1.165, 1.54) is 11.1 Å². The van der Waals surface area contributed by atoms with Gasteiger partial charge in [0, 0.05) is 54.6 Å². The van der Waals surface area contributed by atoms with E-state index in [4.69, 9.17) is 21.1 Å². The van der Waals surface area contributed by atoms with Gasteiger partial charge in [0.25, 0.3) is 5.91 Å². The number of hydrogen-bond donors (Lipinski definition) is 2. The number of nitrogens with one attached hydrogen (secondary N) is 2. The summed E-state index contributed by atoms with van der Waals surface area (Å²) in [5.41, 5.74) is 3.22. The minimum atomic E-state index is -3.93. The van der Waals surface area contributed by atoms with Crippen molar-refractivity contribution in [1.82, 2.24) is 14.9 Å². The van der Waals surface area contributed by atoms with Gasteiger partial charge in [-0.25, -0.2) is 17.9 Å². The molecular weight excluding hydrogens is 831 g/mol. The number of ether oxygens (including phenoxy) is 2. The van der Waals surface area contributed by atoms with Crippen molar-refractivity contribution >= 4 is 67.7 Å². The first-order valence-electron chi connectivity index (χ1n) is 18.5. The molecule has 2 N–H and O–H groups in total. The first kappa shape index (κ1) is 39.8. The molecule has 4 aliphatic heterocycles. The van der Waals surface area contributed by atoms with Crippen LogP contribution in [0.3, 0.4) is 0 Å². The van der Waals surface area contributed by atoms with Crippen LogP contribution >= 0.6 is 34.2 Å². The number of fused-ring (bicyclic) bond motifs is 5. The maximum absolute atomic E-state index is 13.3. The number of allylic oxidation sites excluding steroid dienone is 2. The van der Waals surface area contributed by atoms with E-state index in [1.807, 2.05) is 17.9 Å². The Morgan fingerprint density at radius 3 is 2.60 bits per heavy atom. The predicted octanol–water partition coefficient (Wildman–Crippen LogP) is 5.91. The number of anilines is 1. The third kappa shape index (κ3) is 8.52. The highest BCUT2D eigenvalue weighted by atomic mass is 127. The van der Waals surface area contributed by atoms with Crippen molar-refractivity contribution in [2.75, 3.05) is 55.8 Å². The second-order valence-corrected chi connectivity index (χ2v) is 17.5. The quantitative estimate of drug-likeness (QED) is 0.245. The average molecular weight is 881 g/mol. The molecule has 8 rings (SSSR count). The lowest BCUT2D eigenvalue weighted by Gasteiger charge is -2.44. The fourth-order valence-electron chi connectivity index (χ4n) is 8.40. The van der Waals surface area contributed by atoms with E-state index in [-0.39, 0.29) is 40.6 Å². The van der Waals surface area contributed by atoms with Gasteiger partial charge in [0.15, 0.2) is 5.78 Å². The smallest absolute Gasteiger partial charge is 0.410 e. The SMILES string of the molecule is CI.C[C@@H]1[C@@H](C)C/C=C/C(=O)[C@@H]2CC[C@H]2CN2C[C@@]3(CCCc4cc(Cl)ccc43)COc3ccc(cc32)C(=O)NS1(=O)=O.O=C1OC[C@@H]2CNCCN12. The van der Waals surface area contributed by atoms with Gasteiger partial charge >= 0.3 is 6.09 Å². The molecule has 0 unspecified atom stereocenters. The summed E-state index contributed by atoms with van der Waals surface area (Å²) in [6.07, 6.45) is 8.45. The second kappa shape index (κ2) is 16.9. The highest BCUT2D eigenvalue weighted by Gasteiger charge is 2.44. The molecule has 2 saturated heterocycles. The number of nitrogens with zero attached hydrogens (tertiary/aromatic N) is 2. The van der Waals surface area contributed by atoms with Crippen LogP contribution in [-0.2, 0) is 31.4 Å². The molecule has 53 heavy (non-hydrogen) atoms. The zero-order valence-electron chi connectivity index (χ0n) is 30.6. The maximum atomic E-state index is 13.3. The fourth-order valence-corrected chi connectivity index (χ4v) is 9.88. The number of carbonyl (C=O) groups excluding carboxylic acids is 3. The van der Waals surface area contributed by atoms with Gasteiger partial charge in [-0.3, -0.25) is 14.5 Å². The second-order valence-electron chi connectivity index (χ2n) is 15.1. The summed E-state index contributed by atoms with van der Waals surface area (Å²) in [7, 11) is -3.93. The molecule has 6 aliphatic rings. The molecule has 2 aromatic carbocycles. The van der Waals surface area contributed by atoms with Gasteiger partial charge in [-0.2, -0.15) is 0 Å². The molecule has 6 atom stereocenters. The number of amides is 2. The lowest BCUT2D eigenvalue weighted by atomic mass is 9.68. The molecule has 1 saturated carbocycles. The van der Waals surface area contributed by atoms with E-state index in [0.29, 0.717) is 44.5 Å². The largest absolute Gasteiger partial charge is 0.490 e. The molecule has 1 spiro atoms. The Kier molecular flexibility index (Phi) is 12.7. The Hall–Kier alpha value is -2.88. The number of ketones is 1. The Balaban J connectivity index is 0.000000340. The van der Waals surface area contributed by atoms with Crippen LogP contribution in [0.1, 0.15) is 67.4 Å². The zero-order chi connectivity index (χ0) is 37.9. The molecule has 0 aromatic heterocycles. The fraction of sp³-hybridized carbons (Fsp3) is 0.564. The lowest BCUT2D eigenvalue weighted by Crippen LogP contribution is -2.49. The summed E-state index contributed by atoms with van der Waals surface area (Å²) in [5.74, 6) is -0.0319. The Morgan fingerprint density at radius 1 is 1.04 bits per heavy atom. The van der Waals surface area contributed by atoms with Gasteiger partial charge < -0.3 is 19.7 Å². The van der Waals surface area contributed by atoms with E-state index < -0.39 is 21.2 Å². The number of piperazine rings is 1. The van der Waals surface area contributed by atoms with Crippen LogP contribution in [0.5, 0.6) is 5.75 Å². The van der Waals surface area contributed by atoms with Crippen LogP contribution in [0.15, 0.2) is 48.6 Å². The third-order valence-corrected chi connectivity index (χ3v) is 14.0. The maximum Gasteiger partial charge on any atom is 0.410 e. The van der Waals surface area contributed by atoms with Crippen molar-refractivity contribution in [2.24, 2.45) is 17.8 Å². The molecule has 288 valence electrons. The molecule has 2 bridgehead atoms. The van der Waals surface area contributed by atoms with Crippen LogP contribution in [0.2, 0.25) is 5.02 Å². The Morgan fingerprint density at radius 2 is 1.85 bits per heavy atom. The van der Waals surface area contributed by atoms with E-state index in [0.717, 1.165) is 62.4 Å². The molecule has 2 amide bonds. The van der Waals surface area contributed by atoms with E-state index in [2.05, 4.69) is 49.7 Å². The third-order valence-electron chi connectivity index (χ3n) is 11.8. The number of carbonyl (C=O) groups is 3. The predicted molar refractivity (Wildman–Crippen MR) is 215 cm³/mol. The van der Waals surface area contributed by atoms with Crippen molar-refractivity contribution in [3.8, 4) is 5.75 Å². The van der Waals surface area contributed by atoms with Crippen molar-refractivity contribution in [3.63, 3.8) is 0 Å². The van der Waals surface area contributed by atoms with Crippen LogP contribution in [0.4, 0.5) is 10.5 Å². The minimum absolute atomic E-state index is 0.0666. The number of halogens is 2. The van der Waals surface area contributed by atoms with Crippen LogP contribution < -0.4 is 19.7 Å². The number of alkyl halides is 1. The summed E-state index contributed by atoms with van der Waals surface area (Å²) < 4.78 is 39.9. The number of sulfonamides is 1. The van der Waals surface area contributed by atoms with Crippen LogP contribution in [0, 0.1) is 17.8 Å². The lowest BCUT2D eigenvalue weighted by molar-refractivity contribution is -0.122. The minimum Gasteiger partial charge on any atom is -0.490 e.